The van der Waals surface area contributed by atoms with Gasteiger partial charge in [0.2, 0.25) is 0 Å². The predicted octanol–water partition coefficient (Wildman–Crippen LogP) is 4.02. The van der Waals surface area contributed by atoms with Crippen LogP contribution in [0.25, 0.3) is 0 Å². The molecule has 0 aromatic heterocycles. The predicted molar refractivity (Wildman–Crippen MR) is 69.9 cm³/mol. The van der Waals surface area contributed by atoms with Crippen molar-refractivity contribution >= 4 is 27.5 Å². The molecule has 1 atom stereocenters. The quantitative estimate of drug-likeness (QED) is 0.910. The minimum atomic E-state index is -0.552. The molecule has 0 aliphatic carbocycles. The smallest absolute Gasteiger partial charge is 0.126 e. The number of hydrogen-bond acceptors (Lipinski definition) is 2. The van der Waals surface area contributed by atoms with Crippen LogP contribution in [0.2, 0.25) is 0 Å². The third-order valence-corrected chi connectivity index (χ3v) is 2.93. The lowest BCUT2D eigenvalue weighted by Crippen LogP contribution is -2.03. The van der Waals surface area contributed by atoms with E-state index in [2.05, 4.69) is 15.9 Å². The molecule has 4 heteroatoms. The highest BCUT2D eigenvalue weighted by molar-refractivity contribution is 9.10. The van der Waals surface area contributed by atoms with E-state index in [1.807, 2.05) is 25.1 Å². The maximum Gasteiger partial charge on any atom is 0.126 e. The topological polar surface area (TPSA) is 29.5 Å². The molecule has 1 rings (SSSR count). The molecule has 1 aromatic rings. The first-order valence-electron chi connectivity index (χ1n) is 4.90. The maximum atomic E-state index is 9.58. The molecule has 0 bridgehead atoms. The van der Waals surface area contributed by atoms with Crippen molar-refractivity contribution in [3.63, 3.8) is 0 Å². The Morgan fingerprint density at radius 1 is 1.62 bits per heavy atom. The summed E-state index contributed by atoms with van der Waals surface area (Å²) < 4.78 is 6.51. The van der Waals surface area contributed by atoms with Gasteiger partial charge in [0.1, 0.15) is 12.4 Å². The van der Waals surface area contributed by atoms with Crippen LogP contribution in [-0.2, 0) is 0 Å². The van der Waals surface area contributed by atoms with Gasteiger partial charge >= 0.3 is 0 Å². The second-order valence-corrected chi connectivity index (χ2v) is 4.74. The van der Waals surface area contributed by atoms with Gasteiger partial charge in [0.05, 0.1) is 6.10 Å². The highest BCUT2D eigenvalue weighted by atomic mass is 79.9. The fraction of sp³-hybridized carbons (Fsp3) is 0.333. The van der Waals surface area contributed by atoms with Crippen molar-refractivity contribution in [3.8, 4) is 5.75 Å². The first-order valence-corrected chi connectivity index (χ1v) is 6.13. The van der Waals surface area contributed by atoms with Gasteiger partial charge in [-0.25, -0.2) is 0 Å². The number of halogens is 2. The molecule has 0 radical (unpaired) electrons. The van der Waals surface area contributed by atoms with E-state index in [4.69, 9.17) is 16.3 Å². The minimum absolute atomic E-state index is 0.416. The summed E-state index contributed by atoms with van der Waals surface area (Å²) >= 11 is 8.92. The number of benzene rings is 1. The molecule has 0 fully saturated rings. The normalized spacial score (nSPS) is 13.7. The Hall–Kier alpha value is -0.510. The van der Waals surface area contributed by atoms with Crippen molar-refractivity contribution < 1.29 is 9.84 Å². The fourth-order valence-electron chi connectivity index (χ4n) is 1.20. The summed E-state index contributed by atoms with van der Waals surface area (Å²) in [5, 5.41) is 9.58. The zero-order valence-corrected chi connectivity index (χ0v) is 11.5. The first-order chi connectivity index (χ1) is 7.54. The van der Waals surface area contributed by atoms with E-state index >= 15 is 0 Å². The largest absolute Gasteiger partial charge is 0.489 e. The van der Waals surface area contributed by atoms with Gasteiger partial charge in [-0.1, -0.05) is 33.6 Å². The lowest BCUT2D eigenvalue weighted by Gasteiger charge is -2.13. The zero-order valence-electron chi connectivity index (χ0n) is 9.21. The Kier molecular flexibility index (Phi) is 5.32. The molecule has 0 aliphatic rings. The summed E-state index contributed by atoms with van der Waals surface area (Å²) in [6.07, 6.45) is -0.552. The van der Waals surface area contributed by atoms with Crippen LogP contribution in [0.5, 0.6) is 5.75 Å². The average molecular weight is 306 g/mol. The van der Waals surface area contributed by atoms with E-state index in [0.29, 0.717) is 12.4 Å². The van der Waals surface area contributed by atoms with E-state index < -0.39 is 6.10 Å². The molecule has 0 amide bonds. The molecule has 1 N–H and O–H groups in total. The van der Waals surface area contributed by atoms with E-state index in [0.717, 1.165) is 15.6 Å². The number of ether oxygens (including phenoxy) is 1. The molecule has 0 saturated heterocycles. The molecule has 16 heavy (non-hydrogen) atoms. The fourth-order valence-corrected chi connectivity index (χ4v) is 1.60. The van der Waals surface area contributed by atoms with Gasteiger partial charge in [0, 0.05) is 15.6 Å². The molecule has 0 spiro atoms. The van der Waals surface area contributed by atoms with Gasteiger partial charge < -0.3 is 9.84 Å². The van der Waals surface area contributed by atoms with Crippen molar-refractivity contribution in [1.29, 1.82) is 0 Å². The van der Waals surface area contributed by atoms with Crippen LogP contribution in [0.15, 0.2) is 33.8 Å². The highest BCUT2D eigenvalue weighted by Crippen LogP contribution is 2.28. The zero-order chi connectivity index (χ0) is 12.1. The number of rotatable bonds is 4. The van der Waals surface area contributed by atoms with Crippen molar-refractivity contribution in [2.45, 2.75) is 20.0 Å². The summed E-state index contributed by atoms with van der Waals surface area (Å²) in [4.78, 5) is 0. The van der Waals surface area contributed by atoms with E-state index in [1.165, 1.54) is 5.54 Å². The summed E-state index contributed by atoms with van der Waals surface area (Å²) in [6, 6.07) is 5.55. The molecule has 0 aliphatic heterocycles. The van der Waals surface area contributed by atoms with Crippen LogP contribution in [0.3, 0.4) is 0 Å². The van der Waals surface area contributed by atoms with Crippen LogP contribution in [0.1, 0.15) is 25.5 Å². The number of aliphatic hydroxyl groups excluding tert-OH is 1. The lowest BCUT2D eigenvalue weighted by molar-refractivity contribution is 0.192. The molecule has 1 aromatic carbocycles. The maximum absolute atomic E-state index is 9.58. The van der Waals surface area contributed by atoms with E-state index in [-0.39, 0.29) is 0 Å². The van der Waals surface area contributed by atoms with Crippen molar-refractivity contribution in [2.24, 2.45) is 0 Å². The van der Waals surface area contributed by atoms with Gasteiger partial charge in [-0.2, -0.15) is 0 Å². The second-order valence-electron chi connectivity index (χ2n) is 3.60. The van der Waals surface area contributed by atoms with Gasteiger partial charge in [-0.15, -0.1) is 0 Å². The molecule has 0 unspecified atom stereocenters. The molecule has 0 heterocycles. The Bertz CT molecular complexity index is 389. The monoisotopic (exact) mass is 304 g/mol. The third-order valence-electron chi connectivity index (χ3n) is 2.07. The van der Waals surface area contributed by atoms with Crippen molar-refractivity contribution in [3.05, 3.63) is 39.3 Å². The standard InChI is InChI=1S/C12H14BrClO2/c1-8(6-14)7-16-12-5-10(13)3-4-11(12)9(2)15/h3-6,9,15H,7H2,1-2H3/b8-6+/t9-/m0/s1. The SMILES string of the molecule is C/C(=C\Cl)COc1cc(Br)ccc1[C@H](C)O. The molecular weight excluding hydrogens is 291 g/mol. The number of hydrogen-bond donors (Lipinski definition) is 1. The average Bonchev–Trinajstić information content (AvgIpc) is 2.25. The van der Waals surface area contributed by atoms with Crippen LogP contribution in [0.4, 0.5) is 0 Å². The molecule has 88 valence electrons. The Labute approximate surface area is 109 Å². The Morgan fingerprint density at radius 3 is 2.88 bits per heavy atom. The summed E-state index contributed by atoms with van der Waals surface area (Å²) in [7, 11) is 0. The lowest BCUT2D eigenvalue weighted by atomic mass is 10.1. The van der Waals surface area contributed by atoms with Crippen LogP contribution in [0, 0.1) is 0 Å². The molecular formula is C12H14BrClO2. The van der Waals surface area contributed by atoms with Crippen molar-refractivity contribution in [2.75, 3.05) is 6.61 Å². The summed E-state index contributed by atoms with van der Waals surface area (Å²) in [5.41, 5.74) is 3.18. The van der Waals surface area contributed by atoms with Crippen LogP contribution in [-0.4, -0.2) is 11.7 Å². The second kappa shape index (κ2) is 6.28. The van der Waals surface area contributed by atoms with Gasteiger partial charge in [-0.05, 0) is 31.6 Å². The van der Waals surface area contributed by atoms with Crippen molar-refractivity contribution in [1.82, 2.24) is 0 Å². The highest BCUT2D eigenvalue weighted by Gasteiger charge is 2.09. The third kappa shape index (κ3) is 3.81. The van der Waals surface area contributed by atoms with E-state index in [9.17, 15) is 5.11 Å². The van der Waals surface area contributed by atoms with Crippen LogP contribution < -0.4 is 4.74 Å². The molecule has 2 nitrogen and oxygen atoms in total. The first kappa shape index (κ1) is 13.6. The van der Waals surface area contributed by atoms with Gasteiger partial charge in [0.15, 0.2) is 0 Å². The van der Waals surface area contributed by atoms with Crippen LogP contribution >= 0.6 is 27.5 Å². The number of aliphatic hydroxyl groups is 1. The van der Waals surface area contributed by atoms with E-state index in [1.54, 1.807) is 6.92 Å². The Morgan fingerprint density at radius 2 is 2.31 bits per heavy atom. The summed E-state index contributed by atoms with van der Waals surface area (Å²) in [5.74, 6) is 0.669. The summed E-state index contributed by atoms with van der Waals surface area (Å²) in [6.45, 7) is 4.01. The van der Waals surface area contributed by atoms with Gasteiger partial charge in [0.25, 0.3) is 0 Å². The van der Waals surface area contributed by atoms with Gasteiger partial charge in [-0.3, -0.25) is 0 Å². The minimum Gasteiger partial charge on any atom is -0.489 e. The Balaban J connectivity index is 2.88. The molecule has 0 saturated carbocycles.